The van der Waals surface area contributed by atoms with Crippen molar-refractivity contribution in [3.8, 4) is 28.4 Å². The monoisotopic (exact) mass is 440 g/mol. The first kappa shape index (κ1) is 20.3. The maximum Gasteiger partial charge on any atom is 0.261 e. The molecular weight excluding hydrogens is 420 g/mol. The Labute approximate surface area is 188 Å². The van der Waals surface area contributed by atoms with Crippen LogP contribution in [-0.4, -0.2) is 33.4 Å². The van der Waals surface area contributed by atoms with Crippen LogP contribution in [0.5, 0.6) is 5.88 Å². The van der Waals surface area contributed by atoms with Crippen LogP contribution in [0, 0.1) is 6.92 Å². The first-order valence-corrected chi connectivity index (χ1v) is 10.2. The molecule has 0 radical (unpaired) electrons. The van der Waals surface area contributed by atoms with Crippen molar-refractivity contribution in [2.24, 2.45) is 0 Å². The first-order chi connectivity index (χ1) is 16.0. The molecule has 0 spiro atoms. The Kier molecular flexibility index (Phi) is 4.98. The van der Waals surface area contributed by atoms with E-state index in [-0.39, 0.29) is 11.8 Å². The number of anilines is 2. The average Bonchev–Trinajstić information content (AvgIpc) is 3.42. The fraction of sp³-hybridized carbons (Fsp3) is 0.0833. The highest BCUT2D eigenvalue weighted by Gasteiger charge is 2.23. The topological polar surface area (TPSA) is 132 Å². The van der Waals surface area contributed by atoms with Crippen LogP contribution in [-0.2, 0) is 0 Å². The molecule has 0 atom stereocenters. The Morgan fingerprint density at radius 2 is 1.91 bits per heavy atom. The number of ether oxygens (including phenoxy) is 1. The van der Waals surface area contributed by atoms with Gasteiger partial charge >= 0.3 is 0 Å². The molecule has 164 valence electrons. The predicted octanol–water partition coefficient (Wildman–Crippen LogP) is 4.43. The summed E-state index contributed by atoms with van der Waals surface area (Å²) in [7, 11) is 1.50. The van der Waals surface area contributed by atoms with Gasteiger partial charge < -0.3 is 20.3 Å². The molecule has 9 nitrogen and oxygen atoms in total. The van der Waals surface area contributed by atoms with Crippen LogP contribution in [0.15, 0.2) is 65.2 Å². The van der Waals surface area contributed by atoms with Crippen LogP contribution in [0.25, 0.3) is 33.4 Å². The summed E-state index contributed by atoms with van der Waals surface area (Å²) in [5, 5.41) is 14.7. The van der Waals surface area contributed by atoms with E-state index in [2.05, 4.69) is 25.7 Å². The van der Waals surface area contributed by atoms with E-state index in [0.29, 0.717) is 34.2 Å². The molecule has 1 amide bonds. The number of amides is 1. The summed E-state index contributed by atoms with van der Waals surface area (Å²) >= 11 is 0. The highest BCUT2D eigenvalue weighted by atomic mass is 16.5. The number of benzene rings is 2. The SMILES string of the molecule is COc1nc(-c2ccc3c(N)n[nH]c3c2)ccc1NC(=O)c1c(-c2ccccc2)noc1C. The van der Waals surface area contributed by atoms with Crippen LogP contribution in [0.4, 0.5) is 11.5 Å². The normalized spacial score (nSPS) is 11.0. The molecule has 0 saturated heterocycles. The standard InChI is InChI=1S/C24H20N6O3/c1-13-20(21(30-33-13)14-6-4-3-5-7-14)23(31)26-18-11-10-17(27-24(18)32-2)15-8-9-16-19(12-15)28-29-22(16)25/h3-12H,1-2H3,(H,26,31)(H3,25,28,29). The highest BCUT2D eigenvalue weighted by Crippen LogP contribution is 2.31. The summed E-state index contributed by atoms with van der Waals surface area (Å²) in [5.74, 6) is 0.774. The second kappa shape index (κ2) is 8.12. The van der Waals surface area contributed by atoms with Gasteiger partial charge in [-0.2, -0.15) is 5.10 Å². The van der Waals surface area contributed by atoms with Crippen LogP contribution in [0.1, 0.15) is 16.1 Å². The van der Waals surface area contributed by atoms with E-state index in [9.17, 15) is 4.79 Å². The van der Waals surface area contributed by atoms with Crippen molar-refractivity contribution in [1.29, 1.82) is 0 Å². The number of aryl methyl sites for hydroxylation is 1. The molecule has 2 aromatic carbocycles. The third-order valence-corrected chi connectivity index (χ3v) is 5.33. The van der Waals surface area contributed by atoms with Gasteiger partial charge in [0.15, 0.2) is 5.82 Å². The molecule has 0 aliphatic rings. The number of aromatic nitrogens is 4. The molecule has 0 saturated carbocycles. The Morgan fingerprint density at radius 1 is 1.09 bits per heavy atom. The van der Waals surface area contributed by atoms with Gasteiger partial charge in [-0.25, -0.2) is 4.98 Å². The minimum absolute atomic E-state index is 0.278. The number of rotatable bonds is 5. The Morgan fingerprint density at radius 3 is 2.70 bits per heavy atom. The molecule has 4 N–H and O–H groups in total. The minimum Gasteiger partial charge on any atom is -0.479 e. The molecule has 3 aromatic heterocycles. The van der Waals surface area contributed by atoms with Gasteiger partial charge in [0.2, 0.25) is 5.88 Å². The van der Waals surface area contributed by atoms with E-state index in [0.717, 1.165) is 22.0 Å². The number of H-pyrrole nitrogens is 1. The first-order valence-electron chi connectivity index (χ1n) is 10.2. The molecule has 0 aliphatic carbocycles. The fourth-order valence-electron chi connectivity index (χ4n) is 3.67. The molecule has 5 rings (SSSR count). The summed E-state index contributed by atoms with van der Waals surface area (Å²) in [5.41, 5.74) is 10.2. The number of methoxy groups -OCH3 is 1. The maximum atomic E-state index is 13.1. The van der Waals surface area contributed by atoms with Crippen molar-refractivity contribution in [3.63, 3.8) is 0 Å². The van der Waals surface area contributed by atoms with Gasteiger partial charge in [0, 0.05) is 16.5 Å². The quantitative estimate of drug-likeness (QED) is 0.368. The third kappa shape index (κ3) is 3.65. The summed E-state index contributed by atoms with van der Waals surface area (Å²) in [6, 6.07) is 18.6. The zero-order valence-corrected chi connectivity index (χ0v) is 17.9. The summed E-state index contributed by atoms with van der Waals surface area (Å²) < 4.78 is 10.8. The van der Waals surface area contributed by atoms with Crippen LogP contribution in [0.3, 0.4) is 0 Å². The van der Waals surface area contributed by atoms with E-state index in [1.165, 1.54) is 7.11 Å². The van der Waals surface area contributed by atoms with Crippen molar-refractivity contribution in [2.45, 2.75) is 6.92 Å². The number of hydrogen-bond donors (Lipinski definition) is 3. The van der Waals surface area contributed by atoms with Gasteiger partial charge in [0.1, 0.15) is 22.7 Å². The molecule has 0 bridgehead atoms. The molecular formula is C24H20N6O3. The fourth-order valence-corrected chi connectivity index (χ4v) is 3.67. The number of aromatic amines is 1. The zero-order chi connectivity index (χ0) is 22.9. The number of hydrogen-bond acceptors (Lipinski definition) is 7. The number of fused-ring (bicyclic) bond motifs is 1. The lowest BCUT2D eigenvalue weighted by atomic mass is 10.1. The van der Waals surface area contributed by atoms with E-state index in [1.807, 2.05) is 48.5 Å². The Bertz CT molecular complexity index is 1470. The Balaban J connectivity index is 1.46. The lowest BCUT2D eigenvalue weighted by molar-refractivity contribution is 0.102. The summed E-state index contributed by atoms with van der Waals surface area (Å²) in [4.78, 5) is 17.7. The van der Waals surface area contributed by atoms with Crippen LogP contribution < -0.4 is 15.8 Å². The smallest absolute Gasteiger partial charge is 0.261 e. The van der Waals surface area contributed by atoms with Crippen molar-refractivity contribution < 1.29 is 14.1 Å². The largest absolute Gasteiger partial charge is 0.479 e. The maximum absolute atomic E-state index is 13.1. The Hall–Kier alpha value is -4.66. The number of carbonyl (C=O) groups excluding carboxylic acids is 1. The zero-order valence-electron chi connectivity index (χ0n) is 17.9. The van der Waals surface area contributed by atoms with Crippen LogP contribution in [0.2, 0.25) is 0 Å². The van der Waals surface area contributed by atoms with Crippen molar-refractivity contribution >= 4 is 28.3 Å². The van der Waals surface area contributed by atoms with E-state index >= 15 is 0 Å². The van der Waals surface area contributed by atoms with Gasteiger partial charge in [0.05, 0.1) is 18.3 Å². The lowest BCUT2D eigenvalue weighted by Gasteiger charge is -2.11. The average molecular weight is 440 g/mol. The minimum atomic E-state index is -0.366. The second-order valence-corrected chi connectivity index (χ2v) is 7.41. The predicted molar refractivity (Wildman–Crippen MR) is 125 cm³/mol. The van der Waals surface area contributed by atoms with Crippen molar-refractivity contribution in [3.05, 3.63) is 72.0 Å². The summed E-state index contributed by atoms with van der Waals surface area (Å²) in [6.07, 6.45) is 0. The van der Waals surface area contributed by atoms with Gasteiger partial charge in [-0.3, -0.25) is 9.89 Å². The van der Waals surface area contributed by atoms with Crippen LogP contribution >= 0.6 is 0 Å². The number of nitrogen functional groups attached to an aromatic ring is 1. The second-order valence-electron chi connectivity index (χ2n) is 7.41. The molecule has 3 heterocycles. The van der Waals surface area contributed by atoms with E-state index in [4.69, 9.17) is 15.0 Å². The molecule has 33 heavy (non-hydrogen) atoms. The van der Waals surface area contributed by atoms with E-state index in [1.54, 1.807) is 19.1 Å². The number of nitrogens with one attached hydrogen (secondary N) is 2. The van der Waals surface area contributed by atoms with Gasteiger partial charge in [-0.05, 0) is 31.2 Å². The van der Waals surface area contributed by atoms with E-state index < -0.39 is 0 Å². The molecule has 5 aromatic rings. The van der Waals surface area contributed by atoms with Gasteiger partial charge in [-0.1, -0.05) is 41.6 Å². The van der Waals surface area contributed by atoms with Crippen molar-refractivity contribution in [1.82, 2.24) is 20.3 Å². The lowest BCUT2D eigenvalue weighted by Crippen LogP contribution is -2.14. The number of carbonyl (C=O) groups is 1. The third-order valence-electron chi connectivity index (χ3n) is 5.33. The number of nitrogens with zero attached hydrogens (tertiary/aromatic N) is 3. The highest BCUT2D eigenvalue weighted by molar-refractivity contribution is 6.09. The molecule has 0 unspecified atom stereocenters. The summed E-state index contributed by atoms with van der Waals surface area (Å²) in [6.45, 7) is 1.70. The van der Waals surface area contributed by atoms with Crippen molar-refractivity contribution in [2.75, 3.05) is 18.2 Å². The van der Waals surface area contributed by atoms with Gasteiger partial charge in [0.25, 0.3) is 5.91 Å². The number of nitrogens with two attached hydrogens (primary N) is 1. The number of pyridine rings is 1. The molecule has 0 aliphatic heterocycles. The molecule has 9 heteroatoms. The molecule has 0 fully saturated rings. The van der Waals surface area contributed by atoms with Gasteiger partial charge in [-0.15, -0.1) is 0 Å².